The summed E-state index contributed by atoms with van der Waals surface area (Å²) in [6.45, 7) is 5.01. The summed E-state index contributed by atoms with van der Waals surface area (Å²) in [6.07, 6.45) is -0.332. The fraction of sp³-hybridized carbons (Fsp3) is 0.400. The van der Waals surface area contributed by atoms with Crippen LogP contribution < -0.4 is 20.1 Å². The van der Waals surface area contributed by atoms with E-state index in [0.717, 1.165) is 24.2 Å². The SMILES string of the molecule is COc1cc(CNCCNC[C@H](C)O)ccc1OCc1ccc(F)cc1. The number of aliphatic hydroxyl groups excluding tert-OH is 1. The average molecular weight is 362 g/mol. The Balaban J connectivity index is 1.81. The van der Waals surface area contributed by atoms with Gasteiger partial charge < -0.3 is 25.2 Å². The third-order valence-electron chi connectivity index (χ3n) is 3.78. The van der Waals surface area contributed by atoms with Crippen molar-refractivity contribution in [1.82, 2.24) is 10.6 Å². The molecule has 0 aliphatic heterocycles. The molecule has 0 heterocycles. The standard InChI is InChI=1S/C20H27FN2O3/c1-15(24)12-22-9-10-23-13-17-5-8-19(20(11-17)25-2)26-14-16-3-6-18(21)7-4-16/h3-8,11,15,22-24H,9-10,12-14H2,1-2H3/t15-/m0/s1. The van der Waals surface area contributed by atoms with E-state index in [2.05, 4.69) is 10.6 Å². The molecule has 0 saturated heterocycles. The summed E-state index contributed by atoms with van der Waals surface area (Å²) in [4.78, 5) is 0. The van der Waals surface area contributed by atoms with Crippen LogP contribution in [0, 0.1) is 5.82 Å². The zero-order valence-corrected chi connectivity index (χ0v) is 15.3. The first-order chi connectivity index (χ1) is 12.6. The highest BCUT2D eigenvalue weighted by atomic mass is 19.1. The zero-order chi connectivity index (χ0) is 18.8. The number of rotatable bonds is 11. The number of halogens is 1. The monoisotopic (exact) mass is 362 g/mol. The molecule has 142 valence electrons. The number of hydrogen-bond acceptors (Lipinski definition) is 5. The van der Waals surface area contributed by atoms with Crippen LogP contribution in [0.1, 0.15) is 18.1 Å². The number of ether oxygens (including phenoxy) is 2. The first-order valence-electron chi connectivity index (χ1n) is 8.72. The highest BCUT2D eigenvalue weighted by Gasteiger charge is 2.06. The lowest BCUT2D eigenvalue weighted by Crippen LogP contribution is -2.31. The predicted octanol–water partition coefficient (Wildman–Crippen LogP) is 2.47. The summed E-state index contributed by atoms with van der Waals surface area (Å²) in [5, 5.41) is 15.7. The summed E-state index contributed by atoms with van der Waals surface area (Å²) >= 11 is 0. The maximum absolute atomic E-state index is 12.9. The van der Waals surface area contributed by atoms with E-state index in [9.17, 15) is 9.50 Å². The molecule has 0 amide bonds. The molecule has 0 fully saturated rings. The van der Waals surface area contributed by atoms with Crippen LogP contribution >= 0.6 is 0 Å². The molecule has 0 aliphatic rings. The third-order valence-corrected chi connectivity index (χ3v) is 3.78. The van der Waals surface area contributed by atoms with Gasteiger partial charge in [0.25, 0.3) is 0 Å². The van der Waals surface area contributed by atoms with Gasteiger partial charge in [-0.3, -0.25) is 0 Å². The van der Waals surface area contributed by atoms with Gasteiger partial charge in [-0.1, -0.05) is 18.2 Å². The van der Waals surface area contributed by atoms with E-state index in [-0.39, 0.29) is 11.9 Å². The zero-order valence-electron chi connectivity index (χ0n) is 15.3. The Labute approximate surface area is 154 Å². The van der Waals surface area contributed by atoms with Crippen molar-refractivity contribution in [2.24, 2.45) is 0 Å². The highest BCUT2D eigenvalue weighted by Crippen LogP contribution is 2.28. The van der Waals surface area contributed by atoms with Crippen molar-refractivity contribution in [2.75, 3.05) is 26.7 Å². The molecule has 1 atom stereocenters. The minimum atomic E-state index is -0.332. The second-order valence-corrected chi connectivity index (χ2v) is 6.13. The second-order valence-electron chi connectivity index (χ2n) is 6.13. The Morgan fingerprint density at radius 1 is 1.00 bits per heavy atom. The summed E-state index contributed by atoms with van der Waals surface area (Å²) in [7, 11) is 1.61. The van der Waals surface area contributed by atoms with E-state index in [1.165, 1.54) is 12.1 Å². The molecule has 0 bridgehead atoms. The number of methoxy groups -OCH3 is 1. The van der Waals surface area contributed by atoms with Gasteiger partial charge in [-0.15, -0.1) is 0 Å². The van der Waals surface area contributed by atoms with Gasteiger partial charge in [0.15, 0.2) is 11.5 Å². The van der Waals surface area contributed by atoms with Crippen LogP contribution in [0.25, 0.3) is 0 Å². The van der Waals surface area contributed by atoms with Crippen LogP contribution in [-0.4, -0.2) is 38.0 Å². The minimum Gasteiger partial charge on any atom is -0.493 e. The lowest BCUT2D eigenvalue weighted by atomic mass is 10.2. The smallest absolute Gasteiger partial charge is 0.161 e. The third kappa shape index (κ3) is 7.00. The normalized spacial score (nSPS) is 12.0. The van der Waals surface area contributed by atoms with E-state index in [1.54, 1.807) is 26.2 Å². The van der Waals surface area contributed by atoms with E-state index in [4.69, 9.17) is 9.47 Å². The largest absolute Gasteiger partial charge is 0.493 e. The summed E-state index contributed by atoms with van der Waals surface area (Å²) in [6, 6.07) is 12.0. The average Bonchev–Trinajstić information content (AvgIpc) is 2.64. The molecule has 0 spiro atoms. The molecular formula is C20H27FN2O3. The number of aliphatic hydroxyl groups is 1. The maximum atomic E-state index is 12.9. The highest BCUT2D eigenvalue weighted by molar-refractivity contribution is 5.43. The Kier molecular flexibility index (Phi) is 8.34. The van der Waals surface area contributed by atoms with Crippen molar-refractivity contribution < 1.29 is 19.0 Å². The predicted molar refractivity (Wildman–Crippen MR) is 100.0 cm³/mol. The fourth-order valence-corrected chi connectivity index (χ4v) is 2.40. The molecule has 5 nitrogen and oxygen atoms in total. The van der Waals surface area contributed by atoms with Crippen LogP contribution in [0.3, 0.4) is 0 Å². The second kappa shape index (κ2) is 10.8. The molecule has 0 aromatic heterocycles. The van der Waals surface area contributed by atoms with Crippen molar-refractivity contribution in [2.45, 2.75) is 26.2 Å². The van der Waals surface area contributed by atoms with Crippen LogP contribution in [-0.2, 0) is 13.2 Å². The molecule has 0 aliphatic carbocycles. The van der Waals surface area contributed by atoms with E-state index in [1.807, 2.05) is 18.2 Å². The van der Waals surface area contributed by atoms with Crippen LogP contribution in [0.5, 0.6) is 11.5 Å². The quantitative estimate of drug-likeness (QED) is 0.536. The number of benzene rings is 2. The summed E-state index contributed by atoms with van der Waals surface area (Å²) in [5.74, 6) is 1.06. The molecule has 0 saturated carbocycles. The van der Waals surface area contributed by atoms with Gasteiger partial charge in [0.05, 0.1) is 13.2 Å². The first kappa shape index (κ1) is 20.2. The van der Waals surface area contributed by atoms with E-state index in [0.29, 0.717) is 31.2 Å². The van der Waals surface area contributed by atoms with Gasteiger partial charge in [-0.05, 0) is 42.3 Å². The molecule has 0 unspecified atom stereocenters. The molecular weight excluding hydrogens is 335 g/mol. The summed E-state index contributed by atoms with van der Waals surface area (Å²) in [5.41, 5.74) is 1.98. The Bertz CT molecular complexity index is 663. The Morgan fingerprint density at radius 3 is 2.38 bits per heavy atom. The van der Waals surface area contributed by atoms with Crippen molar-refractivity contribution in [3.05, 3.63) is 59.4 Å². The lowest BCUT2D eigenvalue weighted by molar-refractivity contribution is 0.191. The van der Waals surface area contributed by atoms with Crippen LogP contribution in [0.15, 0.2) is 42.5 Å². The maximum Gasteiger partial charge on any atom is 0.161 e. The van der Waals surface area contributed by atoms with Gasteiger partial charge >= 0.3 is 0 Å². The van der Waals surface area contributed by atoms with Gasteiger partial charge in [-0.25, -0.2) is 4.39 Å². The Morgan fingerprint density at radius 2 is 1.69 bits per heavy atom. The topological polar surface area (TPSA) is 62.8 Å². The van der Waals surface area contributed by atoms with Crippen molar-refractivity contribution in [3.8, 4) is 11.5 Å². The number of hydrogen-bond donors (Lipinski definition) is 3. The molecule has 3 N–H and O–H groups in total. The molecule has 2 rings (SSSR count). The molecule has 2 aromatic carbocycles. The van der Waals surface area contributed by atoms with Gasteiger partial charge in [0.1, 0.15) is 12.4 Å². The van der Waals surface area contributed by atoms with Crippen molar-refractivity contribution in [1.29, 1.82) is 0 Å². The minimum absolute atomic E-state index is 0.260. The number of nitrogens with one attached hydrogen (secondary N) is 2. The first-order valence-corrected chi connectivity index (χ1v) is 8.72. The molecule has 6 heteroatoms. The van der Waals surface area contributed by atoms with Crippen LogP contribution in [0.4, 0.5) is 4.39 Å². The van der Waals surface area contributed by atoms with E-state index < -0.39 is 0 Å². The summed E-state index contributed by atoms with van der Waals surface area (Å²) < 4.78 is 24.1. The molecule has 0 radical (unpaired) electrons. The Hall–Kier alpha value is -2.15. The molecule has 26 heavy (non-hydrogen) atoms. The van der Waals surface area contributed by atoms with Gasteiger partial charge in [-0.2, -0.15) is 0 Å². The van der Waals surface area contributed by atoms with E-state index >= 15 is 0 Å². The van der Waals surface area contributed by atoms with Crippen molar-refractivity contribution in [3.63, 3.8) is 0 Å². The van der Waals surface area contributed by atoms with Gasteiger partial charge in [0, 0.05) is 26.2 Å². The van der Waals surface area contributed by atoms with Crippen LogP contribution in [0.2, 0.25) is 0 Å². The lowest BCUT2D eigenvalue weighted by Gasteiger charge is -2.13. The fourth-order valence-electron chi connectivity index (χ4n) is 2.40. The van der Waals surface area contributed by atoms with Gasteiger partial charge in [0.2, 0.25) is 0 Å². The van der Waals surface area contributed by atoms with Crippen molar-refractivity contribution >= 4 is 0 Å². The molecule has 2 aromatic rings.